The van der Waals surface area contributed by atoms with Crippen molar-refractivity contribution < 1.29 is 23.1 Å². The van der Waals surface area contributed by atoms with Crippen molar-refractivity contribution in [2.24, 2.45) is 5.41 Å². The number of hydrogen-bond acceptors (Lipinski definition) is 5. The quantitative estimate of drug-likeness (QED) is 0.532. The Bertz CT molecular complexity index is 347. The minimum absolute atomic E-state index is 0.142. The lowest BCUT2D eigenvalue weighted by molar-refractivity contribution is -0.154. The Morgan fingerprint density at radius 3 is 2.37 bits per heavy atom. The highest BCUT2D eigenvalue weighted by Crippen LogP contribution is 2.58. The van der Waals surface area contributed by atoms with Gasteiger partial charge in [0.1, 0.15) is 0 Å². The van der Waals surface area contributed by atoms with Crippen LogP contribution in [0.15, 0.2) is 0 Å². The Balaban J connectivity index is 2.93. The number of carbonyl (C=O) groups is 1. The molecule has 5 nitrogen and oxygen atoms in total. The van der Waals surface area contributed by atoms with Crippen molar-refractivity contribution in [2.45, 2.75) is 52.6 Å². The molecule has 0 aromatic heterocycles. The average Bonchev–Trinajstić information content (AvgIpc) is 2.33. The summed E-state index contributed by atoms with van der Waals surface area (Å²) < 4.78 is 28.5. The van der Waals surface area contributed by atoms with Gasteiger partial charge in [0, 0.05) is 5.41 Å². The molecule has 0 radical (unpaired) electrons. The zero-order valence-corrected chi connectivity index (χ0v) is 13.2. The van der Waals surface area contributed by atoms with E-state index >= 15 is 0 Å². The fraction of sp³-hybridized carbons (Fsp3) is 0.923. The summed E-state index contributed by atoms with van der Waals surface area (Å²) in [6, 6.07) is 0. The molecule has 1 heterocycles. The van der Waals surface area contributed by atoms with Crippen molar-refractivity contribution in [1.29, 1.82) is 0 Å². The molecule has 1 fully saturated rings. The Hall–Kier alpha value is -0.380. The topological polar surface area (TPSA) is 61.8 Å². The molecule has 0 saturated carbocycles. The molecule has 0 aromatic carbocycles. The lowest BCUT2D eigenvalue weighted by Gasteiger charge is -2.38. The number of esters is 1. The molecule has 0 bridgehead atoms. The molecule has 2 atom stereocenters. The van der Waals surface area contributed by atoms with Gasteiger partial charge in [0.05, 0.1) is 19.8 Å². The predicted molar refractivity (Wildman–Crippen MR) is 73.2 cm³/mol. The normalized spacial score (nSPS) is 28.2. The molecule has 6 heteroatoms. The number of rotatable bonds is 7. The highest BCUT2D eigenvalue weighted by molar-refractivity contribution is 7.55. The van der Waals surface area contributed by atoms with Crippen molar-refractivity contribution in [3.05, 3.63) is 0 Å². The minimum atomic E-state index is -3.43. The molecule has 0 aliphatic carbocycles. The third-order valence-electron chi connectivity index (χ3n) is 3.37. The van der Waals surface area contributed by atoms with E-state index in [1.54, 1.807) is 13.8 Å². The van der Waals surface area contributed by atoms with Crippen molar-refractivity contribution >= 4 is 13.6 Å². The van der Waals surface area contributed by atoms with Crippen LogP contribution in [0.4, 0.5) is 0 Å². The van der Waals surface area contributed by atoms with Gasteiger partial charge in [-0.15, -0.1) is 0 Å². The summed E-state index contributed by atoms with van der Waals surface area (Å²) in [6.45, 7) is 8.52. The van der Waals surface area contributed by atoms with Gasteiger partial charge >= 0.3 is 13.6 Å². The predicted octanol–water partition coefficient (Wildman–Crippen LogP) is 3.37. The van der Waals surface area contributed by atoms with Crippen LogP contribution in [0.3, 0.4) is 0 Å². The van der Waals surface area contributed by atoms with Crippen LogP contribution in [0.2, 0.25) is 0 Å². The van der Waals surface area contributed by atoms with E-state index in [2.05, 4.69) is 13.8 Å². The summed E-state index contributed by atoms with van der Waals surface area (Å²) >= 11 is 0. The second-order valence-corrected chi connectivity index (χ2v) is 7.48. The molecule has 0 spiro atoms. The second-order valence-electron chi connectivity index (χ2n) is 5.26. The molecular weight excluding hydrogens is 267 g/mol. The monoisotopic (exact) mass is 292 g/mol. The van der Waals surface area contributed by atoms with Gasteiger partial charge in [-0.3, -0.25) is 9.36 Å². The van der Waals surface area contributed by atoms with E-state index in [1.165, 1.54) is 0 Å². The van der Waals surface area contributed by atoms with E-state index in [1.807, 2.05) is 0 Å². The highest BCUT2D eigenvalue weighted by atomic mass is 31.2. The first-order valence-corrected chi connectivity index (χ1v) is 8.57. The van der Waals surface area contributed by atoms with E-state index in [0.29, 0.717) is 13.0 Å². The average molecular weight is 292 g/mol. The maximum Gasteiger partial charge on any atom is 0.344 e. The minimum Gasteiger partial charge on any atom is -0.464 e. The van der Waals surface area contributed by atoms with Gasteiger partial charge in [-0.1, -0.05) is 20.3 Å². The first kappa shape index (κ1) is 16.7. The summed E-state index contributed by atoms with van der Waals surface area (Å²) in [7, 11) is -3.43. The maximum atomic E-state index is 12.7. The van der Waals surface area contributed by atoms with Gasteiger partial charge in [0.25, 0.3) is 0 Å². The molecule has 1 rings (SSSR count). The van der Waals surface area contributed by atoms with Crippen LogP contribution in [-0.4, -0.2) is 31.4 Å². The zero-order valence-electron chi connectivity index (χ0n) is 12.3. The Labute approximate surface area is 115 Å². The SMILES string of the molecule is CCCC1(C)COC(=O)C(P(=O)(OCC)OCC)C1. The number of ether oxygens (including phenoxy) is 1. The van der Waals surface area contributed by atoms with Crippen LogP contribution in [-0.2, 0) is 23.1 Å². The molecule has 19 heavy (non-hydrogen) atoms. The molecule has 1 aliphatic rings. The molecule has 0 aromatic rings. The smallest absolute Gasteiger partial charge is 0.344 e. The molecule has 0 amide bonds. The van der Waals surface area contributed by atoms with Crippen molar-refractivity contribution in [3.63, 3.8) is 0 Å². The van der Waals surface area contributed by atoms with Crippen LogP contribution in [0, 0.1) is 5.41 Å². The molecule has 1 saturated heterocycles. The number of cyclic esters (lactones) is 1. The number of carbonyl (C=O) groups excluding carboxylic acids is 1. The van der Waals surface area contributed by atoms with Gasteiger partial charge in [-0.2, -0.15) is 0 Å². The summed E-state index contributed by atoms with van der Waals surface area (Å²) in [5.74, 6) is -0.459. The molecule has 1 aliphatic heterocycles. The number of hydrogen-bond donors (Lipinski definition) is 0. The Kier molecular flexibility index (Phi) is 6.03. The van der Waals surface area contributed by atoms with Gasteiger partial charge < -0.3 is 13.8 Å². The first-order chi connectivity index (χ1) is 8.90. The third kappa shape index (κ3) is 4.04. The van der Waals surface area contributed by atoms with E-state index in [9.17, 15) is 9.36 Å². The molecule has 2 unspecified atom stereocenters. The molecular formula is C13H25O5P. The van der Waals surface area contributed by atoms with Gasteiger partial charge in [0.15, 0.2) is 5.66 Å². The Morgan fingerprint density at radius 1 is 1.32 bits per heavy atom. The largest absolute Gasteiger partial charge is 0.464 e. The lowest BCUT2D eigenvalue weighted by atomic mass is 9.80. The zero-order chi connectivity index (χ0) is 14.5. The van der Waals surface area contributed by atoms with Gasteiger partial charge in [0.2, 0.25) is 0 Å². The van der Waals surface area contributed by atoms with Crippen LogP contribution in [0.5, 0.6) is 0 Å². The van der Waals surface area contributed by atoms with E-state index < -0.39 is 19.2 Å². The summed E-state index contributed by atoms with van der Waals surface area (Å²) in [4.78, 5) is 11.9. The molecule has 112 valence electrons. The van der Waals surface area contributed by atoms with Crippen molar-refractivity contribution in [1.82, 2.24) is 0 Å². The molecule has 0 N–H and O–H groups in total. The third-order valence-corrected chi connectivity index (χ3v) is 5.77. The highest BCUT2D eigenvalue weighted by Gasteiger charge is 2.49. The summed E-state index contributed by atoms with van der Waals surface area (Å²) in [5, 5.41) is 0. The van der Waals surface area contributed by atoms with E-state index in [-0.39, 0.29) is 18.6 Å². The lowest BCUT2D eigenvalue weighted by Crippen LogP contribution is -2.41. The second kappa shape index (κ2) is 6.87. The van der Waals surface area contributed by atoms with Crippen molar-refractivity contribution in [3.8, 4) is 0 Å². The first-order valence-electron chi connectivity index (χ1n) is 6.96. The maximum absolute atomic E-state index is 12.7. The van der Waals surface area contributed by atoms with Crippen LogP contribution < -0.4 is 0 Å². The van der Waals surface area contributed by atoms with Gasteiger partial charge in [-0.05, 0) is 26.7 Å². The standard InChI is InChI=1S/C13H25O5P/c1-5-8-13(4)9-11(12(14)16-10-13)19(15,17-6-2)18-7-3/h11H,5-10H2,1-4H3. The van der Waals surface area contributed by atoms with Crippen LogP contribution >= 0.6 is 7.60 Å². The van der Waals surface area contributed by atoms with Gasteiger partial charge in [-0.25, -0.2) is 0 Å². The van der Waals surface area contributed by atoms with Crippen LogP contribution in [0.1, 0.15) is 47.0 Å². The Morgan fingerprint density at radius 2 is 1.89 bits per heavy atom. The fourth-order valence-electron chi connectivity index (χ4n) is 2.55. The summed E-state index contributed by atoms with van der Waals surface area (Å²) in [6.07, 6.45) is 2.42. The van der Waals surface area contributed by atoms with Crippen LogP contribution in [0.25, 0.3) is 0 Å². The summed E-state index contributed by atoms with van der Waals surface area (Å²) in [5.41, 5.74) is -0.935. The van der Waals surface area contributed by atoms with E-state index in [0.717, 1.165) is 12.8 Å². The van der Waals surface area contributed by atoms with E-state index in [4.69, 9.17) is 13.8 Å². The van der Waals surface area contributed by atoms with Crippen molar-refractivity contribution in [2.75, 3.05) is 19.8 Å². The fourth-order valence-corrected chi connectivity index (χ4v) is 4.70.